The van der Waals surface area contributed by atoms with E-state index in [1.54, 1.807) is 0 Å². The predicted molar refractivity (Wildman–Crippen MR) is 109 cm³/mol. The van der Waals surface area contributed by atoms with Crippen molar-refractivity contribution in [2.24, 2.45) is 0 Å². The molecule has 2 unspecified atom stereocenters. The van der Waals surface area contributed by atoms with Crippen LogP contribution in [-0.4, -0.2) is 36.6 Å². The minimum atomic E-state index is -1.82. The third-order valence-corrected chi connectivity index (χ3v) is 12.5. The van der Waals surface area contributed by atoms with Crippen LogP contribution in [0.3, 0.4) is 0 Å². The highest BCUT2D eigenvalue weighted by molar-refractivity contribution is 7.16. The minimum Gasteiger partial charge on any atom is -0.456 e. The Morgan fingerprint density at radius 2 is 1.92 bits per heavy atom. The van der Waals surface area contributed by atoms with Gasteiger partial charge in [0, 0.05) is 11.3 Å². The van der Waals surface area contributed by atoms with Gasteiger partial charge in [0.2, 0.25) is 0 Å². The Morgan fingerprint density at radius 3 is 2.42 bits per heavy atom. The number of aliphatic hydroxyl groups excluding tert-OH is 1. The monoisotopic (exact) mass is 399 g/mol. The average molecular weight is 400 g/mol. The molecule has 0 radical (unpaired) electrons. The molecule has 0 saturated carbocycles. The van der Waals surface area contributed by atoms with Crippen LogP contribution in [0.1, 0.15) is 62.3 Å². The molecule has 2 heterocycles. The lowest BCUT2D eigenvalue weighted by atomic mass is 10.0. The van der Waals surface area contributed by atoms with Gasteiger partial charge in [-0.15, -0.1) is 11.3 Å². The van der Waals surface area contributed by atoms with Gasteiger partial charge in [-0.05, 0) is 26.3 Å². The van der Waals surface area contributed by atoms with E-state index in [9.17, 15) is 9.90 Å². The number of hydrogen-bond acceptors (Lipinski definition) is 6. The van der Waals surface area contributed by atoms with Crippen molar-refractivity contribution in [2.75, 3.05) is 5.73 Å². The molecule has 5 nitrogen and oxygen atoms in total. The Morgan fingerprint density at radius 1 is 1.35 bits per heavy atom. The van der Waals surface area contributed by atoms with E-state index in [0.29, 0.717) is 23.6 Å². The Kier molecular flexibility index (Phi) is 6.59. The standard InChI is InChI=1S/C19H33NO4SSi/c1-7-26(8-2,9-3)18(22)13-10-12-14(11-23-13)25-16(20)15(12)17(21)24-19(4,5)6/h13,18,22H,7-11,20H2,1-6H3. The molecule has 0 spiro atoms. The fourth-order valence-corrected chi connectivity index (χ4v) is 8.60. The molecule has 7 heteroatoms. The smallest absolute Gasteiger partial charge is 0.341 e. The van der Waals surface area contributed by atoms with Gasteiger partial charge in [0.15, 0.2) is 0 Å². The number of nitrogen functional groups attached to an aromatic ring is 1. The van der Waals surface area contributed by atoms with Crippen molar-refractivity contribution >= 4 is 30.4 Å². The van der Waals surface area contributed by atoms with Crippen molar-refractivity contribution in [3.05, 3.63) is 16.0 Å². The Bertz CT molecular complexity index is 640. The van der Waals surface area contributed by atoms with Crippen molar-refractivity contribution < 1.29 is 19.4 Å². The van der Waals surface area contributed by atoms with Gasteiger partial charge in [0.25, 0.3) is 0 Å². The first kappa shape index (κ1) is 21.4. The predicted octanol–water partition coefficient (Wildman–Crippen LogP) is 4.14. The van der Waals surface area contributed by atoms with Crippen molar-refractivity contribution in [3.63, 3.8) is 0 Å². The van der Waals surface area contributed by atoms with E-state index in [1.165, 1.54) is 11.3 Å². The van der Waals surface area contributed by atoms with Gasteiger partial charge in [0.05, 0.1) is 32.1 Å². The summed E-state index contributed by atoms with van der Waals surface area (Å²) in [5.74, 6) is -0.382. The summed E-state index contributed by atoms with van der Waals surface area (Å²) in [6, 6.07) is 3.08. The van der Waals surface area contributed by atoms with Crippen molar-refractivity contribution in [1.29, 1.82) is 0 Å². The highest BCUT2D eigenvalue weighted by Crippen LogP contribution is 2.39. The van der Waals surface area contributed by atoms with Crippen LogP contribution in [0.2, 0.25) is 18.1 Å². The van der Waals surface area contributed by atoms with Crippen LogP contribution in [0.15, 0.2) is 0 Å². The minimum absolute atomic E-state index is 0.274. The third kappa shape index (κ3) is 4.16. The van der Waals surface area contributed by atoms with Crippen LogP contribution in [0, 0.1) is 0 Å². The number of thiophene rings is 1. The molecule has 0 fully saturated rings. The summed E-state index contributed by atoms with van der Waals surface area (Å²) in [5, 5.41) is 11.6. The van der Waals surface area contributed by atoms with Crippen LogP contribution in [0.5, 0.6) is 0 Å². The first-order chi connectivity index (χ1) is 12.1. The first-order valence-electron chi connectivity index (χ1n) is 9.51. The Labute approximate surface area is 161 Å². The number of hydrogen-bond donors (Lipinski definition) is 2. The molecule has 148 valence electrons. The molecule has 0 bridgehead atoms. The van der Waals surface area contributed by atoms with Crippen LogP contribution < -0.4 is 5.73 Å². The second-order valence-corrected chi connectivity index (χ2v) is 14.7. The van der Waals surface area contributed by atoms with E-state index in [4.69, 9.17) is 15.2 Å². The molecule has 0 saturated heterocycles. The number of anilines is 1. The van der Waals surface area contributed by atoms with Crippen molar-refractivity contribution in [3.8, 4) is 0 Å². The molecule has 1 aromatic heterocycles. The maximum absolute atomic E-state index is 12.7. The molecular formula is C19H33NO4SSi. The van der Waals surface area contributed by atoms with Gasteiger partial charge >= 0.3 is 5.97 Å². The topological polar surface area (TPSA) is 81.8 Å². The number of carbonyl (C=O) groups is 1. The molecule has 1 aromatic rings. The lowest BCUT2D eigenvalue weighted by Gasteiger charge is -2.39. The van der Waals surface area contributed by atoms with Crippen LogP contribution in [-0.2, 0) is 22.5 Å². The van der Waals surface area contributed by atoms with E-state index in [0.717, 1.165) is 28.6 Å². The fourth-order valence-electron chi connectivity index (χ4n) is 3.84. The van der Waals surface area contributed by atoms with Crippen molar-refractivity contribution in [2.45, 2.75) is 90.1 Å². The van der Waals surface area contributed by atoms with Gasteiger partial charge in [-0.25, -0.2) is 4.79 Å². The molecule has 1 aliphatic rings. The molecule has 3 N–H and O–H groups in total. The fraction of sp³-hybridized carbons (Fsp3) is 0.737. The van der Waals surface area contributed by atoms with Crippen LogP contribution >= 0.6 is 11.3 Å². The zero-order valence-corrected chi connectivity index (χ0v) is 18.7. The Hall–Kier alpha value is -0.893. The van der Waals surface area contributed by atoms with Gasteiger partial charge < -0.3 is 20.3 Å². The molecule has 0 amide bonds. The van der Waals surface area contributed by atoms with Crippen molar-refractivity contribution in [1.82, 2.24) is 0 Å². The summed E-state index contributed by atoms with van der Waals surface area (Å²) in [6.07, 6.45) is 0.247. The molecular weight excluding hydrogens is 366 g/mol. The van der Waals surface area contributed by atoms with E-state index >= 15 is 0 Å². The number of fused-ring (bicyclic) bond motifs is 1. The lowest BCUT2D eigenvalue weighted by Crippen LogP contribution is -2.54. The summed E-state index contributed by atoms with van der Waals surface area (Å²) in [6.45, 7) is 12.5. The summed E-state index contributed by atoms with van der Waals surface area (Å²) in [4.78, 5) is 13.6. The summed E-state index contributed by atoms with van der Waals surface area (Å²) in [5.41, 5.74) is 6.50. The van der Waals surface area contributed by atoms with E-state index in [2.05, 4.69) is 20.8 Å². The summed E-state index contributed by atoms with van der Waals surface area (Å²) < 4.78 is 11.6. The quantitative estimate of drug-likeness (QED) is 0.555. The molecule has 2 atom stereocenters. The maximum Gasteiger partial charge on any atom is 0.341 e. The van der Waals surface area contributed by atoms with Gasteiger partial charge in [-0.3, -0.25) is 0 Å². The van der Waals surface area contributed by atoms with Crippen LogP contribution in [0.25, 0.3) is 0 Å². The van der Waals surface area contributed by atoms with Gasteiger partial charge in [0.1, 0.15) is 10.6 Å². The SMILES string of the molecule is CC[Si](CC)(CC)C(O)C1Cc2c(sc(N)c2C(=O)OC(C)(C)C)CO1. The number of ether oxygens (including phenoxy) is 2. The highest BCUT2D eigenvalue weighted by atomic mass is 32.1. The largest absolute Gasteiger partial charge is 0.456 e. The Balaban J connectivity index is 2.31. The second kappa shape index (κ2) is 8.00. The van der Waals surface area contributed by atoms with E-state index < -0.39 is 19.4 Å². The number of carbonyl (C=O) groups excluding carboxylic acids is 1. The summed E-state index contributed by atoms with van der Waals surface area (Å²) in [7, 11) is -1.82. The van der Waals surface area contributed by atoms with Gasteiger partial charge in [-0.2, -0.15) is 0 Å². The normalized spacial score (nSPS) is 19.1. The molecule has 2 rings (SSSR count). The second-order valence-electron chi connectivity index (χ2n) is 8.17. The van der Waals surface area contributed by atoms with E-state index in [-0.39, 0.29) is 12.1 Å². The molecule has 0 aliphatic carbocycles. The highest BCUT2D eigenvalue weighted by Gasteiger charge is 2.43. The third-order valence-electron chi connectivity index (χ3n) is 5.65. The van der Waals surface area contributed by atoms with Gasteiger partial charge in [-0.1, -0.05) is 38.9 Å². The number of rotatable bonds is 6. The van der Waals surface area contributed by atoms with Crippen LogP contribution in [0.4, 0.5) is 5.00 Å². The molecule has 0 aromatic carbocycles. The zero-order chi connectivity index (χ0) is 19.7. The maximum atomic E-state index is 12.7. The van der Waals surface area contributed by atoms with E-state index in [1.807, 2.05) is 20.8 Å². The average Bonchev–Trinajstić information content (AvgIpc) is 2.90. The first-order valence-corrected chi connectivity index (χ1v) is 13.0. The molecule has 26 heavy (non-hydrogen) atoms. The lowest BCUT2D eigenvalue weighted by molar-refractivity contribution is -0.0268. The number of aliphatic hydroxyl groups is 1. The molecule has 1 aliphatic heterocycles. The number of nitrogens with two attached hydrogens (primary N) is 1. The summed E-state index contributed by atoms with van der Waals surface area (Å²) >= 11 is 1.39. The number of esters is 1. The zero-order valence-electron chi connectivity index (χ0n) is 16.8.